The molecule has 3 rings (SSSR count). The molecule has 33 heavy (non-hydrogen) atoms. The molecule has 6 nitrogen and oxygen atoms in total. The number of halogens is 1. The van der Waals surface area contributed by atoms with Crippen LogP contribution in [0.1, 0.15) is 37.3 Å². The van der Waals surface area contributed by atoms with E-state index >= 15 is 0 Å². The van der Waals surface area contributed by atoms with Crippen LogP contribution in [-0.2, 0) is 18.6 Å². The number of carbonyl (C=O) groups is 1. The zero-order valence-corrected chi connectivity index (χ0v) is 19.8. The summed E-state index contributed by atoms with van der Waals surface area (Å²) in [6, 6.07) is 13.5. The van der Waals surface area contributed by atoms with Gasteiger partial charge in [-0.05, 0) is 41.8 Å². The minimum absolute atomic E-state index is 0.0282. The molecule has 0 aliphatic rings. The number of esters is 1. The number of hydrogen-bond donors (Lipinski definition) is 1. The van der Waals surface area contributed by atoms with Gasteiger partial charge in [-0.1, -0.05) is 38.6 Å². The third-order valence-corrected chi connectivity index (χ3v) is 6.44. The van der Waals surface area contributed by atoms with E-state index in [-0.39, 0.29) is 30.1 Å². The van der Waals surface area contributed by atoms with E-state index in [0.29, 0.717) is 16.8 Å². The summed E-state index contributed by atoms with van der Waals surface area (Å²) in [4.78, 5) is 17.3. The topological polar surface area (TPSA) is 85.7 Å². The van der Waals surface area contributed by atoms with Crippen LogP contribution in [0, 0.1) is 5.82 Å². The standard InChI is InChI=1S/C25H27FNO5P/c1-15(2)23-20-7-5-6-8-21(20)27-25(17-9-11-18(26)12-10-17)24(23)16(3)32-22(29)13-19(28)14-33(30)31-4/h5-12,15,19,28,33H,3,13-14H2,1-2,4H3. The Morgan fingerprint density at radius 3 is 2.48 bits per heavy atom. The first-order valence-electron chi connectivity index (χ1n) is 10.5. The van der Waals surface area contributed by atoms with Gasteiger partial charge in [0, 0.05) is 29.8 Å². The summed E-state index contributed by atoms with van der Waals surface area (Å²) in [6.45, 7) is 8.01. The summed E-state index contributed by atoms with van der Waals surface area (Å²) in [5, 5.41) is 10.9. The molecule has 1 aromatic heterocycles. The Bertz CT molecular complexity index is 1190. The molecular formula is C25H27FNO5P. The average Bonchev–Trinajstić information content (AvgIpc) is 2.77. The minimum Gasteiger partial charge on any atom is -0.426 e. The molecule has 0 spiro atoms. The van der Waals surface area contributed by atoms with E-state index in [2.05, 4.69) is 6.58 Å². The van der Waals surface area contributed by atoms with Gasteiger partial charge in [0.05, 0.1) is 23.7 Å². The second-order valence-corrected chi connectivity index (χ2v) is 9.52. The van der Waals surface area contributed by atoms with Crippen molar-refractivity contribution in [3.63, 3.8) is 0 Å². The summed E-state index contributed by atoms with van der Waals surface area (Å²) in [7, 11) is -1.13. The Labute approximate surface area is 192 Å². The lowest BCUT2D eigenvalue weighted by atomic mass is 9.89. The molecule has 174 valence electrons. The van der Waals surface area contributed by atoms with Crippen LogP contribution in [0.2, 0.25) is 0 Å². The van der Waals surface area contributed by atoms with Gasteiger partial charge in [0.1, 0.15) is 11.6 Å². The van der Waals surface area contributed by atoms with Crippen molar-refractivity contribution in [3.05, 3.63) is 72.1 Å². The van der Waals surface area contributed by atoms with Crippen molar-refractivity contribution in [2.24, 2.45) is 0 Å². The fraction of sp³-hybridized carbons (Fsp3) is 0.280. The number of ether oxygens (including phenoxy) is 1. The first-order valence-corrected chi connectivity index (χ1v) is 12.1. The quantitative estimate of drug-likeness (QED) is 0.250. The van der Waals surface area contributed by atoms with E-state index in [1.54, 1.807) is 12.1 Å². The summed E-state index contributed by atoms with van der Waals surface area (Å²) < 4.78 is 35.3. The number of para-hydroxylation sites is 1. The van der Waals surface area contributed by atoms with Gasteiger partial charge in [0.15, 0.2) is 8.03 Å². The molecule has 0 radical (unpaired) electrons. The molecule has 0 saturated heterocycles. The van der Waals surface area contributed by atoms with Gasteiger partial charge in [0.2, 0.25) is 0 Å². The fourth-order valence-electron chi connectivity index (χ4n) is 3.71. The molecule has 1 N–H and O–H groups in total. The molecule has 8 heteroatoms. The molecule has 0 aliphatic carbocycles. The number of aliphatic hydroxyl groups is 1. The molecule has 1 heterocycles. The lowest BCUT2D eigenvalue weighted by Crippen LogP contribution is -2.18. The largest absolute Gasteiger partial charge is 0.426 e. The van der Waals surface area contributed by atoms with Crippen LogP contribution < -0.4 is 0 Å². The molecule has 0 fully saturated rings. The van der Waals surface area contributed by atoms with Gasteiger partial charge in [-0.2, -0.15) is 0 Å². The third kappa shape index (κ3) is 5.93. The molecule has 0 amide bonds. The van der Waals surface area contributed by atoms with Crippen molar-refractivity contribution >= 4 is 30.7 Å². The lowest BCUT2D eigenvalue weighted by molar-refractivity contribution is -0.138. The summed E-state index contributed by atoms with van der Waals surface area (Å²) in [6.07, 6.45) is -1.66. The van der Waals surface area contributed by atoms with Crippen LogP contribution in [0.3, 0.4) is 0 Å². The Morgan fingerprint density at radius 2 is 1.85 bits per heavy atom. The summed E-state index contributed by atoms with van der Waals surface area (Å²) in [5.41, 5.74) is 3.35. The highest BCUT2D eigenvalue weighted by atomic mass is 31.1. The van der Waals surface area contributed by atoms with Gasteiger partial charge < -0.3 is 14.4 Å². The number of pyridine rings is 1. The highest BCUT2D eigenvalue weighted by molar-refractivity contribution is 7.39. The Hall–Kier alpha value is -2.86. The van der Waals surface area contributed by atoms with E-state index in [0.717, 1.165) is 16.5 Å². The zero-order chi connectivity index (χ0) is 24.1. The Kier molecular flexibility index (Phi) is 8.14. The van der Waals surface area contributed by atoms with Crippen molar-refractivity contribution in [2.45, 2.75) is 32.3 Å². The van der Waals surface area contributed by atoms with Crippen LogP contribution in [-0.4, -0.2) is 35.4 Å². The number of nitrogens with zero attached hydrogens (tertiary/aromatic N) is 1. The minimum atomic E-state index is -2.41. The number of rotatable bonds is 9. The third-order valence-electron chi connectivity index (χ3n) is 5.18. The number of hydrogen-bond acceptors (Lipinski definition) is 6. The first-order chi connectivity index (χ1) is 15.7. The van der Waals surface area contributed by atoms with Gasteiger partial charge in [0.25, 0.3) is 0 Å². The maximum Gasteiger partial charge on any atom is 0.313 e. The van der Waals surface area contributed by atoms with Crippen molar-refractivity contribution in [2.75, 3.05) is 13.3 Å². The van der Waals surface area contributed by atoms with Crippen LogP contribution in [0.25, 0.3) is 27.9 Å². The molecule has 0 bridgehead atoms. The second-order valence-electron chi connectivity index (χ2n) is 7.96. The highest BCUT2D eigenvalue weighted by Gasteiger charge is 2.24. The van der Waals surface area contributed by atoms with Gasteiger partial charge in [-0.3, -0.25) is 9.36 Å². The first kappa shape index (κ1) is 24.8. The van der Waals surface area contributed by atoms with Crippen LogP contribution >= 0.6 is 8.03 Å². The Morgan fingerprint density at radius 1 is 1.18 bits per heavy atom. The SMILES string of the molecule is C=C(OC(=O)CC(O)C[PH](=O)OC)c1c(-c2ccc(F)cc2)nc2ccccc2c1C(C)C. The van der Waals surface area contributed by atoms with E-state index in [1.807, 2.05) is 38.1 Å². The second kappa shape index (κ2) is 10.8. The van der Waals surface area contributed by atoms with Crippen molar-refractivity contribution in [3.8, 4) is 11.3 Å². The van der Waals surface area contributed by atoms with Gasteiger partial charge >= 0.3 is 5.97 Å². The monoisotopic (exact) mass is 471 g/mol. The Balaban J connectivity index is 2.05. The fourth-order valence-corrected chi connectivity index (χ4v) is 4.40. The molecular weight excluding hydrogens is 444 g/mol. The van der Waals surface area contributed by atoms with E-state index in [9.17, 15) is 18.9 Å². The van der Waals surface area contributed by atoms with Crippen LogP contribution in [0.4, 0.5) is 4.39 Å². The number of aliphatic hydroxyl groups excluding tert-OH is 1. The average molecular weight is 471 g/mol. The maximum atomic E-state index is 13.6. The number of aromatic nitrogens is 1. The normalized spacial score (nSPS) is 13.2. The molecule has 2 atom stereocenters. The smallest absolute Gasteiger partial charge is 0.313 e. The maximum absolute atomic E-state index is 13.6. The predicted octanol–water partition coefficient (Wildman–Crippen LogP) is 5.55. The molecule has 2 aromatic carbocycles. The highest BCUT2D eigenvalue weighted by Crippen LogP contribution is 2.38. The summed E-state index contributed by atoms with van der Waals surface area (Å²) >= 11 is 0. The van der Waals surface area contributed by atoms with E-state index in [1.165, 1.54) is 19.2 Å². The van der Waals surface area contributed by atoms with Crippen LogP contribution in [0.5, 0.6) is 0 Å². The lowest BCUT2D eigenvalue weighted by Gasteiger charge is -2.21. The van der Waals surface area contributed by atoms with E-state index in [4.69, 9.17) is 14.2 Å². The number of carbonyl (C=O) groups excluding carboxylic acids is 1. The van der Waals surface area contributed by atoms with Crippen molar-refractivity contribution < 1.29 is 28.1 Å². The summed E-state index contributed by atoms with van der Waals surface area (Å²) in [5.74, 6) is -0.987. The molecule has 0 saturated carbocycles. The van der Waals surface area contributed by atoms with Crippen LogP contribution in [0.15, 0.2) is 55.1 Å². The van der Waals surface area contributed by atoms with E-state index < -0.39 is 20.1 Å². The van der Waals surface area contributed by atoms with Crippen molar-refractivity contribution in [1.29, 1.82) is 0 Å². The number of benzene rings is 2. The van der Waals surface area contributed by atoms with Gasteiger partial charge in [-0.15, -0.1) is 0 Å². The van der Waals surface area contributed by atoms with Crippen molar-refractivity contribution in [1.82, 2.24) is 4.98 Å². The predicted molar refractivity (Wildman–Crippen MR) is 128 cm³/mol. The molecule has 0 aliphatic heterocycles. The zero-order valence-electron chi connectivity index (χ0n) is 18.8. The van der Waals surface area contributed by atoms with Gasteiger partial charge in [-0.25, -0.2) is 9.37 Å². The molecule has 3 aromatic rings. The molecule has 2 unspecified atom stereocenters. The number of fused-ring (bicyclic) bond motifs is 1.